The van der Waals surface area contributed by atoms with Gasteiger partial charge in [-0.1, -0.05) is 48.5 Å². The molecule has 1 aliphatic heterocycles. The van der Waals surface area contributed by atoms with Gasteiger partial charge in [-0.25, -0.2) is 9.80 Å². The fourth-order valence-electron chi connectivity index (χ4n) is 2.96. The van der Waals surface area contributed by atoms with Crippen LogP contribution in [0.1, 0.15) is 12.0 Å². The average molecular weight is 406 g/mol. The lowest BCUT2D eigenvalue weighted by Gasteiger charge is -2.11. The Labute approximate surface area is 171 Å². The van der Waals surface area contributed by atoms with Gasteiger partial charge < -0.3 is 9.15 Å². The van der Waals surface area contributed by atoms with Crippen LogP contribution in [-0.4, -0.2) is 45.5 Å². The summed E-state index contributed by atoms with van der Waals surface area (Å²) >= 11 is 0. The SMILES string of the molecule is O=C(Cn1nc(-c2ccccc2)oc1=O)OCC(=O)N1CCC(c2ccccc2)=N1. The van der Waals surface area contributed by atoms with Crippen molar-refractivity contribution in [3.63, 3.8) is 0 Å². The number of amides is 1. The van der Waals surface area contributed by atoms with Crippen LogP contribution in [0.15, 0.2) is 75.0 Å². The minimum Gasteiger partial charge on any atom is -0.454 e. The van der Waals surface area contributed by atoms with Crippen molar-refractivity contribution in [1.29, 1.82) is 0 Å². The van der Waals surface area contributed by atoms with Crippen molar-refractivity contribution in [2.24, 2.45) is 5.10 Å². The molecule has 2 heterocycles. The number of benzene rings is 2. The minimum absolute atomic E-state index is 0.101. The first-order valence-electron chi connectivity index (χ1n) is 9.32. The Hall–Kier alpha value is -4.01. The summed E-state index contributed by atoms with van der Waals surface area (Å²) in [6, 6.07) is 18.4. The quantitative estimate of drug-likeness (QED) is 0.577. The molecule has 1 aromatic heterocycles. The third-order valence-electron chi connectivity index (χ3n) is 4.46. The van der Waals surface area contributed by atoms with Gasteiger partial charge in [0.15, 0.2) is 6.61 Å². The normalized spacial score (nSPS) is 13.2. The highest BCUT2D eigenvalue weighted by Crippen LogP contribution is 2.15. The molecule has 30 heavy (non-hydrogen) atoms. The molecule has 0 N–H and O–H groups in total. The predicted molar refractivity (Wildman–Crippen MR) is 106 cm³/mol. The summed E-state index contributed by atoms with van der Waals surface area (Å²) < 4.78 is 10.9. The van der Waals surface area contributed by atoms with E-state index < -0.39 is 30.8 Å². The van der Waals surface area contributed by atoms with Crippen molar-refractivity contribution in [1.82, 2.24) is 14.8 Å². The van der Waals surface area contributed by atoms with E-state index in [9.17, 15) is 14.4 Å². The number of esters is 1. The molecule has 0 unspecified atom stereocenters. The first kappa shape index (κ1) is 19.3. The number of hydrazone groups is 1. The van der Waals surface area contributed by atoms with Gasteiger partial charge in [-0.3, -0.25) is 9.59 Å². The molecule has 9 heteroatoms. The van der Waals surface area contributed by atoms with Gasteiger partial charge in [0.05, 0.1) is 12.3 Å². The van der Waals surface area contributed by atoms with Gasteiger partial charge in [-0.05, 0) is 17.7 Å². The number of hydrogen-bond donors (Lipinski definition) is 0. The lowest BCUT2D eigenvalue weighted by atomic mass is 10.1. The van der Waals surface area contributed by atoms with E-state index in [-0.39, 0.29) is 5.89 Å². The summed E-state index contributed by atoms with van der Waals surface area (Å²) in [4.78, 5) is 36.2. The van der Waals surface area contributed by atoms with E-state index in [4.69, 9.17) is 9.15 Å². The van der Waals surface area contributed by atoms with Crippen molar-refractivity contribution in [2.45, 2.75) is 13.0 Å². The molecule has 0 radical (unpaired) electrons. The van der Waals surface area contributed by atoms with Crippen molar-refractivity contribution < 1.29 is 18.7 Å². The van der Waals surface area contributed by atoms with Gasteiger partial charge in [0.25, 0.3) is 5.91 Å². The molecular formula is C21H18N4O5. The maximum absolute atomic E-state index is 12.3. The second-order valence-electron chi connectivity index (χ2n) is 6.54. The molecule has 1 amide bonds. The summed E-state index contributed by atoms with van der Waals surface area (Å²) in [6.45, 7) is -0.507. The van der Waals surface area contributed by atoms with E-state index in [0.29, 0.717) is 18.5 Å². The standard InChI is InChI=1S/C21H18N4O5/c26-18(24-12-11-17(22-24)15-7-3-1-4-8-15)14-29-19(27)13-25-21(28)30-20(23-25)16-9-5-2-6-10-16/h1-10H,11-14H2. The van der Waals surface area contributed by atoms with Crippen molar-refractivity contribution >= 4 is 17.6 Å². The van der Waals surface area contributed by atoms with E-state index in [2.05, 4.69) is 10.2 Å². The number of ether oxygens (including phenoxy) is 1. The highest BCUT2D eigenvalue weighted by Gasteiger charge is 2.23. The Kier molecular flexibility index (Phi) is 5.51. The Morgan fingerprint density at radius 1 is 1.00 bits per heavy atom. The van der Waals surface area contributed by atoms with Crippen LogP contribution in [0.2, 0.25) is 0 Å². The average Bonchev–Trinajstić information content (AvgIpc) is 3.41. The lowest BCUT2D eigenvalue weighted by molar-refractivity contribution is -0.152. The Morgan fingerprint density at radius 3 is 2.37 bits per heavy atom. The predicted octanol–water partition coefficient (Wildman–Crippen LogP) is 1.68. The molecule has 9 nitrogen and oxygen atoms in total. The molecule has 4 rings (SSSR count). The molecule has 2 aromatic carbocycles. The molecule has 0 saturated carbocycles. The third kappa shape index (κ3) is 4.35. The Bertz CT molecular complexity index is 1130. The van der Waals surface area contributed by atoms with Crippen LogP contribution < -0.4 is 5.76 Å². The zero-order chi connectivity index (χ0) is 20.9. The van der Waals surface area contributed by atoms with Crippen molar-refractivity contribution in [2.75, 3.05) is 13.2 Å². The van der Waals surface area contributed by atoms with Crippen LogP contribution in [0, 0.1) is 0 Å². The summed E-state index contributed by atoms with van der Waals surface area (Å²) in [7, 11) is 0. The molecule has 3 aromatic rings. The van der Waals surface area contributed by atoms with Gasteiger partial charge in [-0.15, -0.1) is 5.10 Å². The highest BCUT2D eigenvalue weighted by atomic mass is 16.5. The smallest absolute Gasteiger partial charge is 0.437 e. The molecule has 0 aliphatic carbocycles. The van der Waals surface area contributed by atoms with Crippen LogP contribution in [0.4, 0.5) is 0 Å². The first-order valence-corrected chi connectivity index (χ1v) is 9.32. The molecule has 0 spiro atoms. The fraction of sp³-hybridized carbons (Fsp3) is 0.190. The molecule has 0 saturated heterocycles. The maximum Gasteiger partial charge on any atom is 0.437 e. The van der Waals surface area contributed by atoms with Crippen LogP contribution >= 0.6 is 0 Å². The van der Waals surface area contributed by atoms with E-state index in [1.54, 1.807) is 24.3 Å². The minimum atomic E-state index is -0.784. The topological polar surface area (TPSA) is 107 Å². The number of nitrogens with zero attached hydrogens (tertiary/aromatic N) is 4. The fourth-order valence-corrected chi connectivity index (χ4v) is 2.96. The zero-order valence-corrected chi connectivity index (χ0v) is 15.9. The zero-order valence-electron chi connectivity index (χ0n) is 15.9. The van der Waals surface area contributed by atoms with E-state index in [1.165, 1.54) is 5.01 Å². The van der Waals surface area contributed by atoms with Gasteiger partial charge in [0, 0.05) is 12.0 Å². The summed E-state index contributed by atoms with van der Waals surface area (Å²) in [6.07, 6.45) is 0.625. The number of carbonyl (C=O) groups is 2. The van der Waals surface area contributed by atoms with Gasteiger partial charge in [0.2, 0.25) is 5.89 Å². The number of aromatic nitrogens is 2. The van der Waals surface area contributed by atoms with Crippen LogP contribution in [0.5, 0.6) is 0 Å². The van der Waals surface area contributed by atoms with Crippen molar-refractivity contribution in [3.8, 4) is 11.5 Å². The number of rotatable bonds is 6. The van der Waals surface area contributed by atoms with E-state index >= 15 is 0 Å². The van der Waals surface area contributed by atoms with Crippen LogP contribution in [0.3, 0.4) is 0 Å². The van der Waals surface area contributed by atoms with Crippen LogP contribution in [-0.2, 0) is 20.9 Å². The van der Waals surface area contributed by atoms with Gasteiger partial charge >= 0.3 is 11.7 Å². The summed E-state index contributed by atoms with van der Waals surface area (Å²) in [5.74, 6) is -1.89. The largest absolute Gasteiger partial charge is 0.454 e. The lowest BCUT2D eigenvalue weighted by Crippen LogP contribution is -2.30. The van der Waals surface area contributed by atoms with E-state index in [0.717, 1.165) is 16.0 Å². The molecule has 0 fully saturated rings. The van der Waals surface area contributed by atoms with E-state index in [1.807, 2.05) is 36.4 Å². The van der Waals surface area contributed by atoms with Crippen LogP contribution in [0.25, 0.3) is 11.5 Å². The first-order chi connectivity index (χ1) is 14.6. The van der Waals surface area contributed by atoms with Gasteiger partial charge in [-0.2, -0.15) is 9.78 Å². The van der Waals surface area contributed by atoms with Gasteiger partial charge in [0.1, 0.15) is 6.54 Å². The molecule has 1 aliphatic rings. The second-order valence-corrected chi connectivity index (χ2v) is 6.54. The molecule has 0 atom stereocenters. The number of carbonyl (C=O) groups excluding carboxylic acids is 2. The summed E-state index contributed by atoms with van der Waals surface area (Å²) in [5.41, 5.74) is 2.36. The number of hydrogen-bond acceptors (Lipinski definition) is 7. The maximum atomic E-state index is 12.3. The summed E-state index contributed by atoms with van der Waals surface area (Å²) in [5, 5.41) is 9.57. The Balaban J connectivity index is 1.32. The van der Waals surface area contributed by atoms with Crippen molar-refractivity contribution in [3.05, 3.63) is 76.8 Å². The monoisotopic (exact) mass is 406 g/mol. The molecular weight excluding hydrogens is 388 g/mol. The Morgan fingerprint density at radius 2 is 1.67 bits per heavy atom. The highest BCUT2D eigenvalue weighted by molar-refractivity contribution is 6.02. The molecule has 152 valence electrons. The third-order valence-corrected chi connectivity index (χ3v) is 4.46. The molecule has 0 bridgehead atoms. The second kappa shape index (κ2) is 8.56.